The molecule has 5 nitrogen and oxygen atoms in total. The third-order valence-electron chi connectivity index (χ3n) is 6.47. The lowest BCUT2D eigenvalue weighted by Gasteiger charge is -2.33. The normalized spacial score (nSPS) is 17.0. The molecule has 1 atom stereocenters. The van der Waals surface area contributed by atoms with Crippen LogP contribution in [-0.4, -0.2) is 38.9 Å². The van der Waals surface area contributed by atoms with E-state index in [1.54, 1.807) is 18.5 Å². The van der Waals surface area contributed by atoms with E-state index in [-0.39, 0.29) is 0 Å². The molecule has 1 aliphatic heterocycles. The van der Waals surface area contributed by atoms with Crippen molar-refractivity contribution >= 4 is 39.0 Å². The molecule has 5 rings (SSSR count). The molecule has 4 aromatic rings. The molecule has 1 saturated heterocycles. The average molecular weight is 579 g/mol. The summed E-state index contributed by atoms with van der Waals surface area (Å²) in [6, 6.07) is 15.0. The Labute approximate surface area is 220 Å². The number of hydrogen-bond acceptors (Lipinski definition) is 4. The third kappa shape index (κ3) is 5.53. The van der Waals surface area contributed by atoms with Crippen molar-refractivity contribution in [2.24, 2.45) is 5.92 Å². The van der Waals surface area contributed by atoms with E-state index in [0.717, 1.165) is 67.2 Å². The Balaban J connectivity index is 1.28. The molecule has 0 bridgehead atoms. The van der Waals surface area contributed by atoms with E-state index in [0.29, 0.717) is 27.7 Å². The maximum absolute atomic E-state index is 12.9. The van der Waals surface area contributed by atoms with E-state index in [1.807, 2.05) is 34.7 Å². The van der Waals surface area contributed by atoms with Crippen LogP contribution < -0.4 is 5.32 Å². The second-order valence-electron chi connectivity index (χ2n) is 9.05. The summed E-state index contributed by atoms with van der Waals surface area (Å²) < 4.78 is 41.1. The van der Waals surface area contributed by atoms with Gasteiger partial charge in [0.2, 0.25) is 0 Å². The van der Waals surface area contributed by atoms with Crippen molar-refractivity contribution in [3.05, 3.63) is 81.7 Å². The van der Waals surface area contributed by atoms with Gasteiger partial charge in [-0.25, -0.2) is 9.97 Å². The predicted molar refractivity (Wildman–Crippen MR) is 139 cm³/mol. The van der Waals surface area contributed by atoms with Gasteiger partial charge < -0.3 is 5.32 Å². The average Bonchev–Trinajstić information content (AvgIpc) is 3.23. The Morgan fingerprint density at radius 1 is 1.11 bits per heavy atom. The first-order valence-corrected chi connectivity index (χ1v) is 12.9. The van der Waals surface area contributed by atoms with Crippen LogP contribution in [0.4, 0.5) is 19.0 Å². The van der Waals surface area contributed by atoms with Crippen LogP contribution in [0.3, 0.4) is 0 Å². The summed E-state index contributed by atoms with van der Waals surface area (Å²) in [4.78, 5) is 11.4. The van der Waals surface area contributed by atoms with E-state index in [1.165, 1.54) is 0 Å². The first kappa shape index (κ1) is 25.0. The van der Waals surface area contributed by atoms with Crippen LogP contribution in [-0.2, 0) is 12.7 Å². The van der Waals surface area contributed by atoms with Gasteiger partial charge in [-0.2, -0.15) is 13.2 Å². The van der Waals surface area contributed by atoms with Crippen molar-refractivity contribution in [1.29, 1.82) is 0 Å². The van der Waals surface area contributed by atoms with E-state index in [4.69, 9.17) is 16.6 Å². The number of imidazole rings is 1. The Kier molecular flexibility index (Phi) is 7.23. The zero-order valence-electron chi connectivity index (χ0n) is 19.3. The van der Waals surface area contributed by atoms with Gasteiger partial charge in [-0.15, -0.1) is 0 Å². The molecule has 1 unspecified atom stereocenters. The lowest BCUT2D eigenvalue weighted by Crippen LogP contribution is -2.37. The minimum absolute atomic E-state index is 0.395. The number of rotatable bonds is 6. The molecule has 1 N–H and O–H groups in total. The molecular formula is C26H24BrClF3N5. The van der Waals surface area contributed by atoms with Crippen LogP contribution in [0.25, 0.3) is 16.9 Å². The number of benzene rings is 2. The maximum Gasteiger partial charge on any atom is 0.416 e. The van der Waals surface area contributed by atoms with Crippen LogP contribution in [0.5, 0.6) is 0 Å². The van der Waals surface area contributed by atoms with E-state index < -0.39 is 11.7 Å². The van der Waals surface area contributed by atoms with Gasteiger partial charge in [-0.05, 0) is 65.0 Å². The second-order valence-corrected chi connectivity index (χ2v) is 10.2. The zero-order chi connectivity index (χ0) is 25.3. The maximum atomic E-state index is 12.9. The quantitative estimate of drug-likeness (QED) is 0.264. The monoisotopic (exact) mass is 577 g/mol. The molecule has 1 aliphatic rings. The highest BCUT2D eigenvalue weighted by Crippen LogP contribution is 2.31. The number of likely N-dealkylation sites (tertiary alicyclic amines) is 1. The topological polar surface area (TPSA) is 45.5 Å². The Hall–Kier alpha value is -2.62. The van der Waals surface area contributed by atoms with Crippen molar-refractivity contribution in [3.63, 3.8) is 0 Å². The molecule has 0 radical (unpaired) electrons. The first-order chi connectivity index (χ1) is 17.3. The van der Waals surface area contributed by atoms with Gasteiger partial charge in [0.25, 0.3) is 0 Å². The molecule has 2 aromatic carbocycles. The Bertz CT molecular complexity index is 1360. The van der Waals surface area contributed by atoms with E-state index in [9.17, 15) is 13.2 Å². The van der Waals surface area contributed by atoms with Crippen molar-refractivity contribution in [1.82, 2.24) is 19.3 Å². The second kappa shape index (κ2) is 10.4. The standard InChI is InChI=1S/C26H24BrClF3N5/c27-24-25-34-22(20-5-1-2-6-21(20)28)12-23(36(25)16-33-24)32-13-18-4-3-11-35(15-18)14-17-7-9-19(10-8-17)26(29,30)31/h1-2,5-10,12,16,18,32H,3-4,11,13-15H2. The van der Waals surface area contributed by atoms with Crippen molar-refractivity contribution in [2.45, 2.75) is 25.6 Å². The number of piperidine rings is 1. The fourth-order valence-corrected chi connectivity index (χ4v) is 5.26. The molecule has 3 heterocycles. The molecule has 1 fully saturated rings. The summed E-state index contributed by atoms with van der Waals surface area (Å²) in [7, 11) is 0. The van der Waals surface area contributed by atoms with Crippen LogP contribution in [0.1, 0.15) is 24.0 Å². The minimum atomic E-state index is -4.31. The predicted octanol–water partition coefficient (Wildman–Crippen LogP) is 7.16. The number of fused-ring (bicyclic) bond motifs is 1. The number of halogens is 5. The summed E-state index contributed by atoms with van der Waals surface area (Å²) in [5.41, 5.74) is 2.57. The van der Waals surface area contributed by atoms with Gasteiger partial charge in [0.05, 0.1) is 11.3 Å². The molecule has 0 saturated carbocycles. The highest BCUT2D eigenvalue weighted by atomic mass is 79.9. The van der Waals surface area contributed by atoms with Crippen LogP contribution >= 0.6 is 27.5 Å². The summed E-state index contributed by atoms with van der Waals surface area (Å²) in [5, 5.41) is 4.20. The molecule has 2 aromatic heterocycles. The highest BCUT2D eigenvalue weighted by molar-refractivity contribution is 9.10. The van der Waals surface area contributed by atoms with Gasteiger partial charge >= 0.3 is 6.18 Å². The number of aromatic nitrogens is 3. The van der Waals surface area contributed by atoms with Gasteiger partial charge in [0.1, 0.15) is 12.1 Å². The van der Waals surface area contributed by atoms with Crippen molar-refractivity contribution < 1.29 is 13.2 Å². The number of anilines is 1. The molecule has 188 valence electrons. The van der Waals surface area contributed by atoms with Crippen LogP contribution in [0.15, 0.2) is 65.5 Å². The fraction of sp³-hybridized carbons (Fsp3) is 0.308. The van der Waals surface area contributed by atoms with Crippen molar-refractivity contribution in [2.75, 3.05) is 25.0 Å². The largest absolute Gasteiger partial charge is 0.416 e. The Morgan fingerprint density at radius 3 is 2.64 bits per heavy atom. The Morgan fingerprint density at radius 2 is 1.89 bits per heavy atom. The first-order valence-electron chi connectivity index (χ1n) is 11.7. The number of nitrogens with zero attached hydrogens (tertiary/aromatic N) is 4. The smallest absolute Gasteiger partial charge is 0.371 e. The molecule has 10 heteroatoms. The van der Waals surface area contributed by atoms with Gasteiger partial charge in [-0.3, -0.25) is 9.30 Å². The lowest BCUT2D eigenvalue weighted by atomic mass is 9.97. The van der Waals surface area contributed by atoms with Gasteiger partial charge in [0.15, 0.2) is 10.3 Å². The molecule has 0 amide bonds. The number of hydrogen-bond donors (Lipinski definition) is 1. The molecule has 0 aliphatic carbocycles. The SMILES string of the molecule is FC(F)(F)c1ccc(CN2CCCC(CNc3cc(-c4ccccc4Cl)nc4c(Br)ncn34)C2)cc1. The van der Waals surface area contributed by atoms with Gasteiger partial charge in [-0.1, -0.05) is 41.9 Å². The van der Waals surface area contributed by atoms with Crippen LogP contribution in [0, 0.1) is 5.92 Å². The van der Waals surface area contributed by atoms with E-state index >= 15 is 0 Å². The lowest BCUT2D eigenvalue weighted by molar-refractivity contribution is -0.137. The molecule has 36 heavy (non-hydrogen) atoms. The summed E-state index contributed by atoms with van der Waals surface area (Å²) in [6.45, 7) is 3.19. The highest BCUT2D eigenvalue weighted by Gasteiger charge is 2.30. The summed E-state index contributed by atoms with van der Waals surface area (Å²) >= 11 is 9.92. The third-order valence-corrected chi connectivity index (χ3v) is 7.36. The summed E-state index contributed by atoms with van der Waals surface area (Å²) in [5.74, 6) is 1.26. The molecule has 0 spiro atoms. The minimum Gasteiger partial charge on any atom is -0.371 e. The van der Waals surface area contributed by atoms with E-state index in [2.05, 4.69) is 31.1 Å². The fourth-order valence-electron chi connectivity index (χ4n) is 4.65. The molecular weight excluding hydrogens is 555 g/mol. The number of alkyl halides is 3. The number of nitrogens with one attached hydrogen (secondary N) is 1. The van der Waals surface area contributed by atoms with Crippen LogP contribution in [0.2, 0.25) is 5.02 Å². The van der Waals surface area contributed by atoms with Crippen molar-refractivity contribution in [3.8, 4) is 11.3 Å². The summed E-state index contributed by atoms with van der Waals surface area (Å²) in [6.07, 6.45) is -0.464. The zero-order valence-corrected chi connectivity index (χ0v) is 21.6. The van der Waals surface area contributed by atoms with Gasteiger partial charge in [0, 0.05) is 36.3 Å².